The number of pyridine rings is 3. The van der Waals surface area contributed by atoms with Crippen LogP contribution in [0.1, 0.15) is 44.1 Å². The minimum absolute atomic E-state index is 0.0688. The highest BCUT2D eigenvalue weighted by Crippen LogP contribution is 2.33. The number of aromatic nitrogens is 4. The average Bonchev–Trinajstić information content (AvgIpc) is 3.28. The second kappa shape index (κ2) is 11.1. The van der Waals surface area contributed by atoms with Gasteiger partial charge in [0.2, 0.25) is 5.91 Å². The summed E-state index contributed by atoms with van der Waals surface area (Å²) in [5.74, 6) is 1.20. The summed E-state index contributed by atoms with van der Waals surface area (Å²) in [7, 11) is 1.57. The molecule has 1 fully saturated rings. The summed E-state index contributed by atoms with van der Waals surface area (Å²) in [6, 6.07) is 12.2. The molecule has 1 saturated heterocycles. The molecule has 4 aromatic rings. The molecule has 0 spiro atoms. The molecule has 0 saturated carbocycles. The summed E-state index contributed by atoms with van der Waals surface area (Å²) in [6.07, 6.45) is 9.50. The highest BCUT2D eigenvalue weighted by Gasteiger charge is 2.26. The lowest BCUT2D eigenvalue weighted by molar-refractivity contribution is -0.137. The fourth-order valence-corrected chi connectivity index (χ4v) is 5.71. The molecule has 0 aliphatic carbocycles. The smallest absolute Gasteiger partial charge is 0.248 e. The van der Waals surface area contributed by atoms with Crippen molar-refractivity contribution in [3.8, 4) is 11.3 Å². The van der Waals surface area contributed by atoms with Gasteiger partial charge in [-0.1, -0.05) is 17.8 Å². The van der Waals surface area contributed by atoms with Gasteiger partial charge in [0.1, 0.15) is 22.8 Å². The van der Waals surface area contributed by atoms with Crippen LogP contribution in [0.3, 0.4) is 0 Å². The molecule has 1 N–H and O–H groups in total. The van der Waals surface area contributed by atoms with E-state index in [1.807, 2.05) is 35.4 Å². The zero-order valence-corrected chi connectivity index (χ0v) is 21.4. The Morgan fingerprint density at radius 2 is 2.00 bits per heavy atom. The van der Waals surface area contributed by atoms with E-state index in [1.165, 1.54) is 16.9 Å². The Hall–Kier alpha value is -3.43. The molecule has 36 heavy (non-hydrogen) atoms. The molecular formula is C27H30N6O2S. The van der Waals surface area contributed by atoms with E-state index in [1.54, 1.807) is 19.5 Å². The van der Waals surface area contributed by atoms with Gasteiger partial charge in [-0.05, 0) is 74.1 Å². The normalized spacial score (nSPS) is 18.6. The van der Waals surface area contributed by atoms with Crippen LogP contribution in [0.25, 0.3) is 21.6 Å². The van der Waals surface area contributed by atoms with Gasteiger partial charge in [0.05, 0.1) is 5.69 Å². The van der Waals surface area contributed by atoms with E-state index in [2.05, 4.69) is 34.3 Å². The first-order chi connectivity index (χ1) is 17.6. The number of hydrogen-bond donors (Lipinski definition) is 1. The maximum atomic E-state index is 12.5. The molecule has 1 unspecified atom stereocenters. The van der Waals surface area contributed by atoms with Gasteiger partial charge < -0.3 is 15.0 Å². The molecule has 5 rings (SSSR count). The van der Waals surface area contributed by atoms with E-state index < -0.39 is 0 Å². The number of thiazole rings is 1. The fourth-order valence-electron chi connectivity index (χ4n) is 4.86. The minimum Gasteiger partial charge on any atom is -0.375 e. The fraction of sp³-hybridized carbons (Fsp3) is 0.370. The third-order valence-corrected chi connectivity index (χ3v) is 7.55. The SMILES string of the molecule is COCC(=O)N1CCCCC(c2ccnc(Nc3nc4ccc(-c5ccncc5)nc4s3)c2)C[C@H]1C. The van der Waals surface area contributed by atoms with Crippen molar-refractivity contribution in [3.05, 3.63) is 60.6 Å². The number of methoxy groups -OCH3 is 1. The molecule has 0 radical (unpaired) electrons. The number of rotatable bonds is 6. The first-order valence-electron chi connectivity index (χ1n) is 12.3. The summed E-state index contributed by atoms with van der Waals surface area (Å²) in [5, 5.41) is 4.14. The van der Waals surface area contributed by atoms with Crippen molar-refractivity contribution in [3.63, 3.8) is 0 Å². The van der Waals surface area contributed by atoms with Gasteiger partial charge in [0.15, 0.2) is 5.13 Å². The Morgan fingerprint density at radius 3 is 2.83 bits per heavy atom. The van der Waals surface area contributed by atoms with Crippen molar-refractivity contribution in [2.45, 2.75) is 44.6 Å². The number of ether oxygens (including phenoxy) is 1. The van der Waals surface area contributed by atoms with Crippen molar-refractivity contribution in [1.82, 2.24) is 24.8 Å². The van der Waals surface area contributed by atoms with Crippen LogP contribution in [0.5, 0.6) is 0 Å². The largest absolute Gasteiger partial charge is 0.375 e. The van der Waals surface area contributed by atoms with Crippen molar-refractivity contribution in [2.24, 2.45) is 0 Å². The summed E-state index contributed by atoms with van der Waals surface area (Å²) >= 11 is 1.51. The molecule has 5 heterocycles. The van der Waals surface area contributed by atoms with E-state index in [-0.39, 0.29) is 18.6 Å². The van der Waals surface area contributed by atoms with Gasteiger partial charge in [0, 0.05) is 43.9 Å². The Morgan fingerprint density at radius 1 is 1.14 bits per heavy atom. The topological polar surface area (TPSA) is 93.1 Å². The van der Waals surface area contributed by atoms with Crippen LogP contribution in [0.15, 0.2) is 55.0 Å². The third kappa shape index (κ3) is 5.52. The number of carbonyl (C=O) groups is 1. The highest BCUT2D eigenvalue weighted by molar-refractivity contribution is 7.21. The van der Waals surface area contributed by atoms with E-state index >= 15 is 0 Å². The summed E-state index contributed by atoms with van der Waals surface area (Å²) < 4.78 is 5.09. The molecule has 0 aromatic carbocycles. The van der Waals surface area contributed by atoms with Crippen LogP contribution < -0.4 is 5.32 Å². The van der Waals surface area contributed by atoms with Crippen LogP contribution in [-0.4, -0.2) is 57.0 Å². The first-order valence-corrected chi connectivity index (χ1v) is 13.1. The van der Waals surface area contributed by atoms with E-state index in [4.69, 9.17) is 14.7 Å². The number of hydrogen-bond acceptors (Lipinski definition) is 8. The molecule has 2 atom stereocenters. The molecule has 8 nitrogen and oxygen atoms in total. The third-order valence-electron chi connectivity index (χ3n) is 6.67. The Labute approximate surface area is 214 Å². The lowest BCUT2D eigenvalue weighted by atomic mass is 9.86. The average molecular weight is 503 g/mol. The standard InChI is InChI=1S/C27H30N6O2S/c1-18-15-20(5-3-4-14-33(18)25(34)17-35-2)21-10-13-29-24(16-21)32-27-31-23-7-6-22(30-26(23)36-27)19-8-11-28-12-9-19/h6-13,16,18,20H,3-5,14-15,17H2,1-2H3,(H,29,31,32)/t18-,20?/m1/s1. The Kier molecular flexibility index (Phi) is 7.48. The molecule has 186 valence electrons. The van der Waals surface area contributed by atoms with Crippen LogP contribution in [0.2, 0.25) is 0 Å². The Balaban J connectivity index is 1.32. The number of nitrogens with one attached hydrogen (secondary N) is 1. The molecule has 0 bridgehead atoms. The molecule has 1 amide bonds. The number of nitrogens with zero attached hydrogens (tertiary/aromatic N) is 5. The number of anilines is 2. The van der Waals surface area contributed by atoms with Gasteiger partial charge in [-0.2, -0.15) is 0 Å². The predicted octanol–water partition coefficient (Wildman–Crippen LogP) is 5.41. The van der Waals surface area contributed by atoms with Crippen molar-refractivity contribution >= 4 is 38.5 Å². The van der Waals surface area contributed by atoms with E-state index in [0.29, 0.717) is 5.92 Å². The molecule has 4 aromatic heterocycles. The van der Waals surface area contributed by atoms with E-state index in [0.717, 1.165) is 64.8 Å². The van der Waals surface area contributed by atoms with Gasteiger partial charge in [-0.25, -0.2) is 15.0 Å². The van der Waals surface area contributed by atoms with Gasteiger partial charge >= 0.3 is 0 Å². The zero-order valence-electron chi connectivity index (χ0n) is 20.6. The second-order valence-electron chi connectivity index (χ2n) is 9.17. The zero-order chi connectivity index (χ0) is 24.9. The van der Waals surface area contributed by atoms with Crippen LogP contribution in [0, 0.1) is 0 Å². The van der Waals surface area contributed by atoms with Crippen LogP contribution in [-0.2, 0) is 9.53 Å². The van der Waals surface area contributed by atoms with Gasteiger partial charge in [-0.15, -0.1) is 0 Å². The number of amides is 1. The first kappa shape index (κ1) is 24.3. The maximum absolute atomic E-state index is 12.5. The summed E-state index contributed by atoms with van der Waals surface area (Å²) in [5.41, 5.74) is 4.02. The summed E-state index contributed by atoms with van der Waals surface area (Å²) in [4.78, 5) is 33.5. The highest BCUT2D eigenvalue weighted by atomic mass is 32.1. The van der Waals surface area contributed by atoms with Crippen molar-refractivity contribution in [2.75, 3.05) is 25.6 Å². The second-order valence-corrected chi connectivity index (χ2v) is 10.2. The van der Waals surface area contributed by atoms with E-state index in [9.17, 15) is 4.79 Å². The Bertz CT molecular complexity index is 1330. The van der Waals surface area contributed by atoms with Crippen molar-refractivity contribution < 1.29 is 9.53 Å². The quantitative estimate of drug-likeness (QED) is 0.377. The van der Waals surface area contributed by atoms with Crippen LogP contribution in [0.4, 0.5) is 10.9 Å². The molecule has 1 aliphatic heterocycles. The minimum atomic E-state index is 0.0688. The number of carbonyl (C=O) groups excluding carboxylic acids is 1. The summed E-state index contributed by atoms with van der Waals surface area (Å²) in [6.45, 7) is 3.08. The van der Waals surface area contributed by atoms with Crippen molar-refractivity contribution in [1.29, 1.82) is 0 Å². The molecule has 9 heteroatoms. The predicted molar refractivity (Wildman–Crippen MR) is 142 cm³/mol. The lowest BCUT2D eigenvalue weighted by Gasteiger charge is -2.34. The number of likely N-dealkylation sites (tertiary alicyclic amines) is 1. The molecule has 1 aliphatic rings. The van der Waals surface area contributed by atoms with Gasteiger partial charge in [-0.3, -0.25) is 9.78 Å². The maximum Gasteiger partial charge on any atom is 0.248 e. The lowest BCUT2D eigenvalue weighted by Crippen LogP contribution is -2.42. The monoisotopic (exact) mass is 502 g/mol. The molecular weight excluding hydrogens is 472 g/mol. The number of fused-ring (bicyclic) bond motifs is 1. The van der Waals surface area contributed by atoms with Crippen LogP contribution >= 0.6 is 11.3 Å². The van der Waals surface area contributed by atoms with Gasteiger partial charge in [0.25, 0.3) is 0 Å².